The Morgan fingerprint density at radius 3 is 2.71 bits per heavy atom. The first kappa shape index (κ1) is 12.4. The second-order valence-corrected chi connectivity index (χ2v) is 6.44. The van der Waals surface area contributed by atoms with Crippen LogP contribution in [0.2, 0.25) is 5.02 Å². The Hall–Kier alpha value is -1.04. The van der Waals surface area contributed by atoms with Crippen LogP contribution in [0.3, 0.4) is 0 Å². The highest BCUT2D eigenvalue weighted by Crippen LogP contribution is 2.17. The summed E-state index contributed by atoms with van der Waals surface area (Å²) in [6.45, 7) is 0.437. The fourth-order valence-electron chi connectivity index (χ4n) is 1.41. The van der Waals surface area contributed by atoms with Gasteiger partial charge in [0.2, 0.25) is 0 Å². The van der Waals surface area contributed by atoms with Gasteiger partial charge < -0.3 is 0 Å². The second kappa shape index (κ2) is 4.68. The van der Waals surface area contributed by atoms with E-state index in [1.54, 1.807) is 23.0 Å². The number of benzene rings is 1. The SMILES string of the molecule is O=S(=O)(Cl)c1cccc(Cn2cc(Cl)cn2)c1. The zero-order valence-corrected chi connectivity index (χ0v) is 10.9. The molecule has 0 saturated carbocycles. The number of nitrogens with zero attached hydrogens (tertiary/aromatic N) is 2. The molecule has 0 atom stereocenters. The quantitative estimate of drug-likeness (QED) is 0.816. The summed E-state index contributed by atoms with van der Waals surface area (Å²) in [6.07, 6.45) is 3.17. The maximum Gasteiger partial charge on any atom is 0.261 e. The van der Waals surface area contributed by atoms with Gasteiger partial charge >= 0.3 is 0 Å². The van der Waals surface area contributed by atoms with E-state index < -0.39 is 9.05 Å². The van der Waals surface area contributed by atoms with E-state index >= 15 is 0 Å². The molecule has 0 saturated heterocycles. The Morgan fingerprint density at radius 2 is 2.12 bits per heavy atom. The van der Waals surface area contributed by atoms with Crippen molar-refractivity contribution in [2.24, 2.45) is 0 Å². The summed E-state index contributed by atoms with van der Waals surface area (Å²) in [6, 6.07) is 6.39. The Balaban J connectivity index is 2.28. The van der Waals surface area contributed by atoms with Crippen LogP contribution in [0.4, 0.5) is 0 Å². The second-order valence-electron chi connectivity index (χ2n) is 3.44. The Bertz CT molecular complexity index is 637. The molecule has 7 heteroatoms. The first-order valence-corrected chi connectivity index (χ1v) is 7.35. The molecule has 0 aliphatic heterocycles. The first-order chi connectivity index (χ1) is 7.95. The monoisotopic (exact) mass is 290 g/mol. The van der Waals surface area contributed by atoms with Crippen molar-refractivity contribution >= 4 is 31.3 Å². The predicted molar refractivity (Wildman–Crippen MR) is 65.8 cm³/mol. The molecule has 0 fully saturated rings. The van der Waals surface area contributed by atoms with Crippen LogP contribution in [0, 0.1) is 0 Å². The van der Waals surface area contributed by atoms with Gasteiger partial charge in [0.25, 0.3) is 9.05 Å². The van der Waals surface area contributed by atoms with Gasteiger partial charge in [0.15, 0.2) is 0 Å². The third kappa shape index (κ3) is 3.21. The van der Waals surface area contributed by atoms with Crippen LogP contribution in [-0.2, 0) is 15.6 Å². The maximum absolute atomic E-state index is 11.2. The van der Waals surface area contributed by atoms with Gasteiger partial charge in [-0.05, 0) is 17.7 Å². The van der Waals surface area contributed by atoms with Crippen molar-refractivity contribution in [3.8, 4) is 0 Å². The molecule has 1 heterocycles. The molecule has 0 aliphatic rings. The molecule has 0 bridgehead atoms. The van der Waals surface area contributed by atoms with E-state index in [1.165, 1.54) is 18.3 Å². The van der Waals surface area contributed by atoms with Gasteiger partial charge in [-0.2, -0.15) is 5.10 Å². The molecule has 0 radical (unpaired) electrons. The molecule has 2 aromatic rings. The summed E-state index contributed by atoms with van der Waals surface area (Å²) in [5.74, 6) is 0. The molecule has 0 spiro atoms. The van der Waals surface area contributed by atoms with E-state index in [-0.39, 0.29) is 4.90 Å². The van der Waals surface area contributed by atoms with Gasteiger partial charge in [-0.3, -0.25) is 4.68 Å². The van der Waals surface area contributed by atoms with Crippen LogP contribution in [0.1, 0.15) is 5.56 Å². The first-order valence-electron chi connectivity index (χ1n) is 4.67. The van der Waals surface area contributed by atoms with E-state index in [2.05, 4.69) is 5.10 Å². The van der Waals surface area contributed by atoms with E-state index in [9.17, 15) is 8.42 Å². The minimum absolute atomic E-state index is 0.0786. The zero-order valence-electron chi connectivity index (χ0n) is 8.55. The van der Waals surface area contributed by atoms with E-state index in [0.717, 1.165) is 5.56 Å². The molecule has 0 amide bonds. The van der Waals surface area contributed by atoms with Crippen LogP contribution in [0.25, 0.3) is 0 Å². The lowest BCUT2D eigenvalue weighted by Gasteiger charge is -2.03. The van der Waals surface area contributed by atoms with Gasteiger partial charge in [0.1, 0.15) is 0 Å². The molecule has 0 unspecified atom stereocenters. The van der Waals surface area contributed by atoms with Gasteiger partial charge in [-0.1, -0.05) is 23.7 Å². The van der Waals surface area contributed by atoms with E-state index in [0.29, 0.717) is 11.6 Å². The zero-order chi connectivity index (χ0) is 12.5. The molecule has 1 aromatic heterocycles. The number of aromatic nitrogens is 2. The van der Waals surface area contributed by atoms with E-state index in [4.69, 9.17) is 22.3 Å². The summed E-state index contributed by atoms with van der Waals surface area (Å²) >= 11 is 5.73. The average Bonchev–Trinajstić information content (AvgIpc) is 2.63. The molecule has 1 aromatic carbocycles. The molecular weight excluding hydrogens is 283 g/mol. The highest BCUT2D eigenvalue weighted by atomic mass is 35.7. The lowest BCUT2D eigenvalue weighted by molar-refractivity contribution is 0.609. The van der Waals surface area contributed by atoms with Crippen molar-refractivity contribution in [3.05, 3.63) is 47.2 Å². The summed E-state index contributed by atoms with van der Waals surface area (Å²) in [4.78, 5) is 0.0786. The van der Waals surface area contributed by atoms with E-state index in [1.807, 2.05) is 0 Å². The topological polar surface area (TPSA) is 52.0 Å². The third-order valence-electron chi connectivity index (χ3n) is 2.13. The standard InChI is InChI=1S/C10H8Cl2N2O2S/c11-9-5-13-14(7-9)6-8-2-1-3-10(4-8)17(12,15)16/h1-5,7H,6H2. The summed E-state index contributed by atoms with van der Waals surface area (Å²) in [5.41, 5.74) is 0.784. The Kier molecular flexibility index (Phi) is 3.42. The van der Waals surface area contributed by atoms with Crippen LogP contribution < -0.4 is 0 Å². The van der Waals surface area contributed by atoms with Gasteiger partial charge in [0, 0.05) is 16.9 Å². The van der Waals surface area contributed by atoms with Crippen molar-refractivity contribution < 1.29 is 8.42 Å². The fourth-order valence-corrected chi connectivity index (χ4v) is 2.38. The van der Waals surface area contributed by atoms with Crippen LogP contribution in [0.5, 0.6) is 0 Å². The molecule has 90 valence electrons. The van der Waals surface area contributed by atoms with Crippen molar-refractivity contribution in [3.63, 3.8) is 0 Å². The van der Waals surface area contributed by atoms with Gasteiger partial charge in [0.05, 0.1) is 22.7 Å². The summed E-state index contributed by atoms with van der Waals surface area (Å²) in [5, 5.41) is 4.54. The average molecular weight is 291 g/mol. The van der Waals surface area contributed by atoms with Crippen molar-refractivity contribution in [1.29, 1.82) is 0 Å². The predicted octanol–water partition coefficient (Wildman–Crippen LogP) is 2.51. The molecule has 17 heavy (non-hydrogen) atoms. The highest BCUT2D eigenvalue weighted by Gasteiger charge is 2.10. The number of hydrogen-bond donors (Lipinski definition) is 0. The van der Waals surface area contributed by atoms with Crippen molar-refractivity contribution in [2.45, 2.75) is 11.4 Å². The molecule has 4 nitrogen and oxygen atoms in total. The van der Waals surface area contributed by atoms with Crippen molar-refractivity contribution in [1.82, 2.24) is 9.78 Å². The highest BCUT2D eigenvalue weighted by molar-refractivity contribution is 8.13. The molecule has 2 rings (SSSR count). The Labute approximate surface area is 108 Å². The number of rotatable bonds is 3. The lowest BCUT2D eigenvalue weighted by atomic mass is 10.2. The Morgan fingerprint density at radius 1 is 1.35 bits per heavy atom. The van der Waals surface area contributed by atoms with Gasteiger partial charge in [-0.15, -0.1) is 0 Å². The number of hydrogen-bond acceptors (Lipinski definition) is 3. The van der Waals surface area contributed by atoms with Crippen molar-refractivity contribution in [2.75, 3.05) is 0 Å². The molecule has 0 N–H and O–H groups in total. The lowest BCUT2D eigenvalue weighted by Crippen LogP contribution is -2.01. The van der Waals surface area contributed by atoms with Crippen LogP contribution >= 0.6 is 22.3 Å². The third-order valence-corrected chi connectivity index (χ3v) is 3.67. The number of halogens is 2. The normalized spacial score (nSPS) is 11.6. The van der Waals surface area contributed by atoms with Crippen LogP contribution in [0.15, 0.2) is 41.6 Å². The minimum Gasteiger partial charge on any atom is -0.267 e. The largest absolute Gasteiger partial charge is 0.267 e. The van der Waals surface area contributed by atoms with Crippen LogP contribution in [-0.4, -0.2) is 18.2 Å². The van der Waals surface area contributed by atoms with Gasteiger partial charge in [-0.25, -0.2) is 8.42 Å². The minimum atomic E-state index is -3.70. The molecular formula is C10H8Cl2N2O2S. The summed E-state index contributed by atoms with van der Waals surface area (Å²) < 4.78 is 23.9. The maximum atomic E-state index is 11.2. The fraction of sp³-hybridized carbons (Fsp3) is 0.100. The smallest absolute Gasteiger partial charge is 0.261 e. The molecule has 0 aliphatic carbocycles. The summed E-state index contributed by atoms with van der Waals surface area (Å²) in [7, 11) is 1.57.